The van der Waals surface area contributed by atoms with Crippen LogP contribution in [0.15, 0.2) is 47.7 Å². The molecule has 0 bridgehead atoms. The fraction of sp³-hybridized carbons (Fsp3) is 0.545. The molecule has 2 rings (SSSR count). The Bertz CT molecular complexity index is 702. The molecule has 7 heteroatoms. The minimum Gasteiger partial charge on any atom is -0.378 e. The highest BCUT2D eigenvalue weighted by Crippen LogP contribution is 2.10. The fourth-order valence-corrected chi connectivity index (χ4v) is 3.06. The van der Waals surface area contributed by atoms with Crippen LogP contribution in [0.1, 0.15) is 45.5 Å². The van der Waals surface area contributed by atoms with E-state index in [1.54, 1.807) is 0 Å². The number of halogens is 1. The van der Waals surface area contributed by atoms with E-state index < -0.39 is 0 Å². The first-order chi connectivity index (χ1) is 13.6. The largest absolute Gasteiger partial charge is 0.378 e. The Morgan fingerprint density at radius 1 is 1.17 bits per heavy atom. The second kappa shape index (κ2) is 14.4. The van der Waals surface area contributed by atoms with Gasteiger partial charge in [-0.2, -0.15) is 0 Å². The Balaban J connectivity index is 0.00000420. The summed E-state index contributed by atoms with van der Waals surface area (Å²) in [7, 11) is 0. The van der Waals surface area contributed by atoms with E-state index in [0.29, 0.717) is 12.5 Å². The van der Waals surface area contributed by atoms with Gasteiger partial charge >= 0.3 is 0 Å². The first-order valence-corrected chi connectivity index (χ1v) is 10.3. The molecule has 0 saturated heterocycles. The lowest BCUT2D eigenvalue weighted by Gasteiger charge is -2.21. The van der Waals surface area contributed by atoms with Crippen LogP contribution < -0.4 is 10.6 Å². The van der Waals surface area contributed by atoms with E-state index in [4.69, 9.17) is 9.73 Å². The molecule has 0 radical (unpaired) electrons. The first kappa shape index (κ1) is 25.4. The number of hydrogen-bond acceptors (Lipinski definition) is 3. The first-order valence-electron chi connectivity index (χ1n) is 10.3. The van der Waals surface area contributed by atoms with Crippen LogP contribution in [0.2, 0.25) is 0 Å². The van der Waals surface area contributed by atoms with Crippen LogP contribution in [0.4, 0.5) is 0 Å². The topological polar surface area (TPSA) is 63.5 Å². The molecule has 6 nitrogen and oxygen atoms in total. The zero-order chi connectivity index (χ0) is 20.2. The maximum absolute atomic E-state index is 5.82. The average Bonchev–Trinajstić information content (AvgIpc) is 3.13. The van der Waals surface area contributed by atoms with Gasteiger partial charge in [-0.05, 0) is 31.7 Å². The highest BCUT2D eigenvalue weighted by molar-refractivity contribution is 14.0. The van der Waals surface area contributed by atoms with Crippen LogP contribution in [-0.4, -0.2) is 41.3 Å². The van der Waals surface area contributed by atoms with Crippen molar-refractivity contribution in [1.82, 2.24) is 20.2 Å². The molecule has 1 unspecified atom stereocenters. The summed E-state index contributed by atoms with van der Waals surface area (Å²) in [6.07, 6.45) is 5.07. The van der Waals surface area contributed by atoms with Crippen molar-refractivity contribution in [2.24, 2.45) is 10.9 Å². The van der Waals surface area contributed by atoms with E-state index in [1.807, 2.05) is 25.4 Å². The second-order valence-corrected chi connectivity index (χ2v) is 7.11. The van der Waals surface area contributed by atoms with Gasteiger partial charge in [0.25, 0.3) is 0 Å². The number of ether oxygens (including phenoxy) is 1. The predicted molar refractivity (Wildman–Crippen MR) is 131 cm³/mol. The molecule has 0 aliphatic heterocycles. The van der Waals surface area contributed by atoms with Crippen molar-refractivity contribution < 1.29 is 4.74 Å². The number of rotatable bonds is 11. The zero-order valence-electron chi connectivity index (χ0n) is 18.1. The molecule has 0 amide bonds. The summed E-state index contributed by atoms with van der Waals surface area (Å²) in [4.78, 5) is 9.20. The van der Waals surface area contributed by atoms with Crippen LogP contribution >= 0.6 is 24.0 Å². The SMILES string of the molecule is CCNC(=NCc1nccn1Cc1ccccc1)NCCC(OCC)C(C)C.I. The van der Waals surface area contributed by atoms with Crippen LogP contribution in [0.25, 0.3) is 0 Å². The fourth-order valence-electron chi connectivity index (χ4n) is 3.06. The number of nitrogens with zero attached hydrogens (tertiary/aromatic N) is 3. The highest BCUT2D eigenvalue weighted by atomic mass is 127. The summed E-state index contributed by atoms with van der Waals surface area (Å²) in [5, 5.41) is 6.73. The Morgan fingerprint density at radius 3 is 2.59 bits per heavy atom. The smallest absolute Gasteiger partial charge is 0.191 e. The molecule has 1 heterocycles. The highest BCUT2D eigenvalue weighted by Gasteiger charge is 2.13. The van der Waals surface area contributed by atoms with Crippen molar-refractivity contribution in [2.75, 3.05) is 19.7 Å². The van der Waals surface area contributed by atoms with Crippen molar-refractivity contribution in [3.05, 3.63) is 54.1 Å². The van der Waals surface area contributed by atoms with Crippen molar-refractivity contribution in [3.8, 4) is 0 Å². The summed E-state index contributed by atoms with van der Waals surface area (Å²) in [6.45, 7) is 12.3. The van der Waals surface area contributed by atoms with Gasteiger partial charge < -0.3 is 19.9 Å². The third kappa shape index (κ3) is 9.16. The molecule has 2 N–H and O–H groups in total. The third-order valence-corrected chi connectivity index (χ3v) is 4.57. The van der Waals surface area contributed by atoms with Crippen molar-refractivity contribution >= 4 is 29.9 Å². The van der Waals surface area contributed by atoms with Crippen LogP contribution in [-0.2, 0) is 17.8 Å². The summed E-state index contributed by atoms with van der Waals surface area (Å²) < 4.78 is 7.97. The van der Waals surface area contributed by atoms with Crippen LogP contribution in [0, 0.1) is 5.92 Å². The maximum Gasteiger partial charge on any atom is 0.191 e. The van der Waals surface area contributed by atoms with E-state index in [1.165, 1.54) is 5.56 Å². The van der Waals surface area contributed by atoms with Gasteiger partial charge in [0.05, 0.1) is 6.10 Å². The third-order valence-electron chi connectivity index (χ3n) is 4.57. The molecule has 1 atom stereocenters. The molecule has 29 heavy (non-hydrogen) atoms. The van der Waals surface area contributed by atoms with Gasteiger partial charge in [0.2, 0.25) is 0 Å². The normalized spacial score (nSPS) is 12.5. The number of benzene rings is 1. The number of hydrogen-bond donors (Lipinski definition) is 2. The molecule has 0 aliphatic carbocycles. The molecule has 0 fully saturated rings. The van der Waals surface area contributed by atoms with Crippen molar-refractivity contribution in [2.45, 2.75) is 53.3 Å². The molecular weight excluding hydrogens is 477 g/mol. The lowest BCUT2D eigenvalue weighted by Crippen LogP contribution is -2.39. The van der Waals surface area contributed by atoms with Crippen molar-refractivity contribution in [3.63, 3.8) is 0 Å². The van der Waals surface area contributed by atoms with Crippen molar-refractivity contribution in [1.29, 1.82) is 0 Å². The Morgan fingerprint density at radius 2 is 1.93 bits per heavy atom. The van der Waals surface area contributed by atoms with E-state index in [-0.39, 0.29) is 30.1 Å². The molecule has 0 spiro atoms. The summed E-state index contributed by atoms with van der Waals surface area (Å²) >= 11 is 0. The Hall–Kier alpha value is -1.61. The van der Waals surface area contributed by atoms with Gasteiger partial charge in [-0.15, -0.1) is 24.0 Å². The van der Waals surface area contributed by atoms with Gasteiger partial charge in [-0.3, -0.25) is 0 Å². The van der Waals surface area contributed by atoms with E-state index >= 15 is 0 Å². The predicted octanol–water partition coefficient (Wildman–Crippen LogP) is 4.06. The monoisotopic (exact) mass is 513 g/mol. The minimum absolute atomic E-state index is 0. The molecule has 0 saturated carbocycles. The minimum atomic E-state index is 0. The van der Waals surface area contributed by atoms with Crippen LogP contribution in [0.3, 0.4) is 0 Å². The molecule has 1 aromatic heterocycles. The van der Waals surface area contributed by atoms with Gasteiger partial charge in [-0.1, -0.05) is 44.2 Å². The lowest BCUT2D eigenvalue weighted by molar-refractivity contribution is 0.0258. The lowest BCUT2D eigenvalue weighted by atomic mass is 10.0. The summed E-state index contributed by atoms with van der Waals surface area (Å²) in [5.41, 5.74) is 1.26. The molecule has 1 aromatic carbocycles. The zero-order valence-corrected chi connectivity index (χ0v) is 20.4. The average molecular weight is 513 g/mol. The standard InChI is InChI=1S/C22H35N5O.HI/c1-5-23-22(25-13-12-20(18(3)4)28-6-2)26-16-21-24-14-15-27(21)17-19-10-8-7-9-11-19;/h7-11,14-15,18,20H,5-6,12-13,16-17H2,1-4H3,(H2,23,25,26);1H. The number of aromatic nitrogens is 2. The van der Waals surface area contributed by atoms with Crippen LogP contribution in [0.5, 0.6) is 0 Å². The number of nitrogens with one attached hydrogen (secondary N) is 2. The summed E-state index contributed by atoms with van der Waals surface area (Å²) in [5.74, 6) is 2.28. The molecule has 2 aromatic rings. The second-order valence-electron chi connectivity index (χ2n) is 7.11. The number of imidazole rings is 1. The maximum atomic E-state index is 5.82. The Labute approximate surface area is 192 Å². The number of guanidine groups is 1. The molecular formula is C22H36IN5O. The van der Waals surface area contributed by atoms with Gasteiger partial charge in [-0.25, -0.2) is 9.98 Å². The Kier molecular flexibility index (Phi) is 12.6. The van der Waals surface area contributed by atoms with Gasteiger partial charge in [0, 0.05) is 38.6 Å². The van der Waals surface area contributed by atoms with Gasteiger partial charge in [0.1, 0.15) is 12.4 Å². The van der Waals surface area contributed by atoms with E-state index in [2.05, 4.69) is 65.2 Å². The number of aliphatic imine (C=N–C) groups is 1. The molecule has 162 valence electrons. The molecule has 0 aliphatic rings. The van der Waals surface area contributed by atoms with E-state index in [9.17, 15) is 0 Å². The van der Waals surface area contributed by atoms with E-state index in [0.717, 1.165) is 44.4 Å². The van der Waals surface area contributed by atoms with Gasteiger partial charge in [0.15, 0.2) is 5.96 Å². The summed E-state index contributed by atoms with van der Waals surface area (Å²) in [6, 6.07) is 10.4. The quantitative estimate of drug-likeness (QED) is 0.270.